The molecule has 0 aromatic heterocycles. The minimum Gasteiger partial charge on any atom is -0.106 e. The summed E-state index contributed by atoms with van der Waals surface area (Å²) < 4.78 is 0. The van der Waals surface area contributed by atoms with Crippen molar-refractivity contribution in [2.75, 3.05) is 0 Å². The molecule has 0 aliphatic heterocycles. The van der Waals surface area contributed by atoms with Crippen molar-refractivity contribution in [1.29, 1.82) is 0 Å². The standard InChI is InChI=1S/C8H4Cl6Si/c9-3-1-4(10)8(7(14)6(3)13)15-2-5(11)12/h1,5H,2H2. The van der Waals surface area contributed by atoms with E-state index in [2.05, 4.69) is 0 Å². The van der Waals surface area contributed by atoms with Crippen molar-refractivity contribution >= 4 is 84.3 Å². The van der Waals surface area contributed by atoms with Gasteiger partial charge in [-0.25, -0.2) is 0 Å². The number of rotatable bonds is 3. The third-order valence-corrected chi connectivity index (χ3v) is 5.74. The average Bonchev–Trinajstić information content (AvgIpc) is 2.14. The maximum absolute atomic E-state index is 6.01. The molecule has 1 rings (SSSR count). The summed E-state index contributed by atoms with van der Waals surface area (Å²) in [5, 5.41) is 2.27. The summed E-state index contributed by atoms with van der Waals surface area (Å²) in [6.45, 7) is 0. The number of halogens is 6. The number of benzene rings is 1. The Morgan fingerprint density at radius 3 is 2.13 bits per heavy atom. The van der Waals surface area contributed by atoms with Crippen LogP contribution >= 0.6 is 69.6 Å². The van der Waals surface area contributed by atoms with Crippen molar-refractivity contribution < 1.29 is 0 Å². The fraction of sp³-hybridized carbons (Fsp3) is 0.250. The van der Waals surface area contributed by atoms with Gasteiger partial charge in [-0.1, -0.05) is 46.4 Å². The Labute approximate surface area is 121 Å². The molecule has 15 heavy (non-hydrogen) atoms. The topological polar surface area (TPSA) is 0 Å². The summed E-state index contributed by atoms with van der Waals surface area (Å²) in [7, 11) is 0.304. The molecule has 0 unspecified atom stereocenters. The van der Waals surface area contributed by atoms with Gasteiger partial charge in [0.2, 0.25) is 0 Å². The second-order valence-corrected chi connectivity index (χ2v) is 6.72. The maximum Gasteiger partial charge on any atom is 0.105 e. The molecule has 0 amide bonds. The van der Waals surface area contributed by atoms with Crippen molar-refractivity contribution in [2.45, 2.75) is 10.9 Å². The van der Waals surface area contributed by atoms with Crippen molar-refractivity contribution in [1.82, 2.24) is 0 Å². The van der Waals surface area contributed by atoms with E-state index in [-0.39, 0.29) is 0 Å². The minimum atomic E-state index is -0.440. The first-order valence-electron chi connectivity index (χ1n) is 3.78. The van der Waals surface area contributed by atoms with Gasteiger partial charge < -0.3 is 0 Å². The molecule has 0 fully saturated rings. The van der Waals surface area contributed by atoms with Gasteiger partial charge in [-0.3, -0.25) is 0 Å². The number of alkyl halides is 2. The Morgan fingerprint density at radius 2 is 1.60 bits per heavy atom. The van der Waals surface area contributed by atoms with Crippen LogP contribution in [0.15, 0.2) is 6.07 Å². The third-order valence-electron chi connectivity index (χ3n) is 1.55. The fourth-order valence-corrected chi connectivity index (χ4v) is 3.64. The second-order valence-electron chi connectivity index (χ2n) is 2.62. The molecule has 0 nitrogen and oxygen atoms in total. The van der Waals surface area contributed by atoms with Gasteiger partial charge >= 0.3 is 0 Å². The molecule has 0 spiro atoms. The van der Waals surface area contributed by atoms with E-state index in [0.29, 0.717) is 35.7 Å². The van der Waals surface area contributed by atoms with Gasteiger partial charge in [-0.2, -0.15) is 0 Å². The molecular formula is C8H4Cl6Si. The Kier molecular flexibility index (Phi) is 5.89. The second kappa shape index (κ2) is 6.20. The summed E-state index contributed by atoms with van der Waals surface area (Å²) in [6, 6.07) is 2.15. The Morgan fingerprint density at radius 1 is 1.00 bits per heavy atom. The van der Waals surface area contributed by atoms with E-state index in [1.54, 1.807) is 6.07 Å². The molecule has 2 radical (unpaired) electrons. The van der Waals surface area contributed by atoms with Gasteiger partial charge in [-0.05, 0) is 17.3 Å². The smallest absolute Gasteiger partial charge is 0.105 e. The first kappa shape index (κ1) is 14.2. The summed E-state index contributed by atoms with van der Waals surface area (Å²) in [4.78, 5) is -0.440. The fourth-order valence-electron chi connectivity index (χ4n) is 0.907. The lowest BCUT2D eigenvalue weighted by Crippen LogP contribution is -2.19. The largest absolute Gasteiger partial charge is 0.106 e. The maximum atomic E-state index is 6.01. The zero-order valence-electron chi connectivity index (χ0n) is 7.13. The SMILES string of the molecule is Clc1cc(Cl)c([Si]CC(Cl)Cl)c(Cl)c1Cl. The average molecular weight is 341 g/mol. The monoisotopic (exact) mass is 338 g/mol. The number of hydrogen-bond donors (Lipinski definition) is 0. The predicted molar refractivity (Wildman–Crippen MR) is 72.2 cm³/mol. The van der Waals surface area contributed by atoms with Gasteiger partial charge in [0.1, 0.15) is 4.84 Å². The normalized spacial score (nSPS) is 11.1. The van der Waals surface area contributed by atoms with Gasteiger partial charge in [0, 0.05) is 5.02 Å². The lowest BCUT2D eigenvalue weighted by atomic mass is 10.3. The summed E-state index contributed by atoms with van der Waals surface area (Å²) in [6.07, 6.45) is 0. The van der Waals surface area contributed by atoms with Gasteiger partial charge in [0.15, 0.2) is 0 Å². The molecule has 1 aromatic rings. The van der Waals surface area contributed by atoms with E-state index in [1.165, 1.54) is 0 Å². The highest BCUT2D eigenvalue weighted by molar-refractivity contribution is 6.66. The van der Waals surface area contributed by atoms with Crippen LogP contribution in [-0.4, -0.2) is 14.4 Å². The lowest BCUT2D eigenvalue weighted by molar-refractivity contribution is 1.36. The highest BCUT2D eigenvalue weighted by atomic mass is 35.5. The van der Waals surface area contributed by atoms with Gasteiger partial charge in [-0.15, -0.1) is 23.2 Å². The quantitative estimate of drug-likeness (QED) is 0.319. The molecule has 0 aliphatic rings. The highest BCUT2D eigenvalue weighted by Crippen LogP contribution is 2.31. The first-order valence-corrected chi connectivity index (χ1v) is 7.37. The van der Waals surface area contributed by atoms with E-state index >= 15 is 0 Å². The van der Waals surface area contributed by atoms with Crippen molar-refractivity contribution in [3.8, 4) is 0 Å². The third kappa shape index (κ3) is 3.85. The molecule has 0 saturated heterocycles. The lowest BCUT2D eigenvalue weighted by Gasteiger charge is -2.09. The van der Waals surface area contributed by atoms with E-state index in [0.717, 1.165) is 5.19 Å². The molecule has 7 heteroatoms. The molecule has 1 aromatic carbocycles. The van der Waals surface area contributed by atoms with Crippen LogP contribution in [0, 0.1) is 0 Å². The molecule has 0 bridgehead atoms. The highest BCUT2D eigenvalue weighted by Gasteiger charge is 2.14. The molecule has 0 heterocycles. The summed E-state index contributed by atoms with van der Waals surface area (Å²) in [5.41, 5.74) is 0. The van der Waals surface area contributed by atoms with Crippen LogP contribution in [0.5, 0.6) is 0 Å². The zero-order valence-corrected chi connectivity index (χ0v) is 12.7. The summed E-state index contributed by atoms with van der Waals surface area (Å²) >= 11 is 34.9. The van der Waals surface area contributed by atoms with Crippen LogP contribution < -0.4 is 5.19 Å². The van der Waals surface area contributed by atoms with E-state index in [4.69, 9.17) is 69.6 Å². The Hall–Kier alpha value is 1.18. The van der Waals surface area contributed by atoms with Crippen LogP contribution in [0.1, 0.15) is 0 Å². The van der Waals surface area contributed by atoms with Crippen molar-refractivity contribution in [2.24, 2.45) is 0 Å². The van der Waals surface area contributed by atoms with Crippen molar-refractivity contribution in [3.63, 3.8) is 0 Å². The van der Waals surface area contributed by atoms with Crippen LogP contribution in [0.25, 0.3) is 0 Å². The summed E-state index contributed by atoms with van der Waals surface area (Å²) in [5.74, 6) is 0. The molecule has 0 atom stereocenters. The Balaban J connectivity index is 3.02. The molecule has 82 valence electrons. The zero-order chi connectivity index (χ0) is 11.6. The van der Waals surface area contributed by atoms with Crippen molar-refractivity contribution in [3.05, 3.63) is 26.2 Å². The molecular weight excluding hydrogens is 337 g/mol. The van der Waals surface area contributed by atoms with Gasteiger partial charge in [0.05, 0.1) is 24.6 Å². The van der Waals surface area contributed by atoms with Crippen LogP contribution in [-0.2, 0) is 0 Å². The molecule has 0 aliphatic carbocycles. The Bertz CT molecular complexity index is 365. The van der Waals surface area contributed by atoms with Gasteiger partial charge in [0.25, 0.3) is 0 Å². The van der Waals surface area contributed by atoms with E-state index < -0.39 is 4.84 Å². The number of hydrogen-bond acceptors (Lipinski definition) is 0. The van der Waals surface area contributed by atoms with E-state index in [1.807, 2.05) is 0 Å². The molecule has 0 N–H and O–H groups in total. The minimum absolute atomic E-state index is 0.304. The van der Waals surface area contributed by atoms with E-state index in [9.17, 15) is 0 Å². The predicted octanol–water partition coefficient (Wildman–Crippen LogP) is 4.85. The van der Waals surface area contributed by atoms with Crippen LogP contribution in [0.2, 0.25) is 26.1 Å². The first-order chi connectivity index (χ1) is 6.93. The van der Waals surface area contributed by atoms with Crippen LogP contribution in [0.4, 0.5) is 0 Å². The molecule has 0 saturated carbocycles. The van der Waals surface area contributed by atoms with Crippen LogP contribution in [0.3, 0.4) is 0 Å².